The van der Waals surface area contributed by atoms with Crippen molar-refractivity contribution >= 4 is 113 Å². The molecule has 6 aromatic carbocycles. The van der Waals surface area contributed by atoms with Crippen molar-refractivity contribution in [1.29, 1.82) is 0 Å². The molecule has 0 aliphatic carbocycles. The van der Waals surface area contributed by atoms with Gasteiger partial charge in [0, 0.05) is 7.11 Å². The fourth-order valence-electron chi connectivity index (χ4n) is 6.06. The number of methoxy groups -OCH3 is 1. The molecule has 0 amide bonds. The average molecular weight is 1030 g/mol. The minimum absolute atomic E-state index is 0.0311. The summed E-state index contributed by atoms with van der Waals surface area (Å²) < 4.78 is 170. The highest BCUT2D eigenvalue weighted by molar-refractivity contribution is 7.91. The highest BCUT2D eigenvalue weighted by Gasteiger charge is 2.28. The molecule has 0 atom stereocenters. The van der Waals surface area contributed by atoms with Crippen LogP contribution in [0.5, 0.6) is 11.5 Å². The lowest BCUT2D eigenvalue weighted by Gasteiger charge is -2.14. The molecule has 0 heterocycles. The number of hydrogen-bond acceptors (Lipinski definition) is 20. The number of azo groups is 3. The fourth-order valence-corrected chi connectivity index (χ4v) is 9.97. The van der Waals surface area contributed by atoms with Crippen LogP contribution in [-0.2, 0) is 55.0 Å². The summed E-state index contributed by atoms with van der Waals surface area (Å²) >= 11 is 0. The van der Waals surface area contributed by atoms with Crippen molar-refractivity contribution in [3.05, 3.63) is 108 Å². The Balaban J connectivity index is 1.40. The standard InChI is InChI=1S/C39H33N7O17S5/c1-63-16-17-64(49,50)30-14-10-26(11-15-30)42-45-37-33(67(57,58)59)18-24-19-34(68(60,61)62)38(39(48)35(24)36(37)40)46-44-28-7-5-23(32(21-28)66(54,55)56)3-2-22-4-6-27(20-31(22)65(51,52)53)43-41-25-8-12-29(47)13-9-25/h2-15,18-21,47-48H,16-17,40H2,1H3,(H,51,52,53)(H,54,55,56)(H,57,58,59)(H,60,61,62)/b3-2+,43-41?,45-42?,46-44?. The predicted molar refractivity (Wildman–Crippen MR) is 242 cm³/mol. The third-order valence-electron chi connectivity index (χ3n) is 9.28. The Morgan fingerprint density at radius 2 is 0.912 bits per heavy atom. The number of rotatable bonds is 16. The Morgan fingerprint density at radius 3 is 1.38 bits per heavy atom. The van der Waals surface area contributed by atoms with E-state index < -0.39 is 109 Å². The van der Waals surface area contributed by atoms with Crippen molar-refractivity contribution in [3.63, 3.8) is 0 Å². The first-order valence-electron chi connectivity index (χ1n) is 18.5. The molecule has 0 radical (unpaired) electrons. The van der Waals surface area contributed by atoms with Gasteiger partial charge in [0.2, 0.25) is 0 Å². The van der Waals surface area contributed by atoms with Gasteiger partial charge < -0.3 is 20.7 Å². The molecule has 0 aliphatic heterocycles. The van der Waals surface area contributed by atoms with E-state index in [4.69, 9.17) is 10.5 Å². The van der Waals surface area contributed by atoms with E-state index in [9.17, 15) is 70.5 Å². The van der Waals surface area contributed by atoms with E-state index in [1.807, 2.05) is 0 Å². The van der Waals surface area contributed by atoms with Crippen LogP contribution >= 0.6 is 0 Å². The van der Waals surface area contributed by atoms with E-state index in [1.165, 1.54) is 67.8 Å². The molecule has 0 fully saturated rings. The van der Waals surface area contributed by atoms with E-state index in [0.717, 1.165) is 36.4 Å². The molecule has 29 heteroatoms. The van der Waals surface area contributed by atoms with Gasteiger partial charge in [0.25, 0.3) is 40.5 Å². The number of anilines is 1. The molecular weight excluding hydrogens is 999 g/mol. The number of hydrogen-bond donors (Lipinski definition) is 7. The molecule has 6 aromatic rings. The number of fused-ring (bicyclic) bond motifs is 1. The maximum absolute atomic E-state index is 12.6. The molecule has 24 nitrogen and oxygen atoms in total. The third kappa shape index (κ3) is 11.8. The van der Waals surface area contributed by atoms with Crippen LogP contribution in [0.4, 0.5) is 39.8 Å². The summed E-state index contributed by atoms with van der Waals surface area (Å²) in [5, 5.41) is 42.7. The predicted octanol–water partition coefficient (Wildman–Crippen LogP) is 7.66. The van der Waals surface area contributed by atoms with E-state index in [1.54, 1.807) is 0 Å². The van der Waals surface area contributed by atoms with E-state index in [2.05, 4.69) is 30.7 Å². The molecule has 0 aromatic heterocycles. The van der Waals surface area contributed by atoms with Gasteiger partial charge >= 0.3 is 0 Å². The monoisotopic (exact) mass is 1030 g/mol. The van der Waals surface area contributed by atoms with Crippen LogP contribution in [0.15, 0.2) is 152 Å². The number of nitrogen functional groups attached to an aromatic ring is 1. The molecule has 0 unspecified atom stereocenters. The molecule has 8 N–H and O–H groups in total. The highest BCUT2D eigenvalue weighted by atomic mass is 32.2. The molecule has 0 saturated carbocycles. The number of benzene rings is 6. The molecule has 356 valence electrons. The third-order valence-corrected chi connectivity index (χ3v) is 14.5. The van der Waals surface area contributed by atoms with Crippen molar-refractivity contribution < 1.29 is 75.2 Å². The Morgan fingerprint density at radius 1 is 0.515 bits per heavy atom. The largest absolute Gasteiger partial charge is 0.508 e. The number of nitrogens with zero attached hydrogens (tertiary/aromatic N) is 6. The summed E-state index contributed by atoms with van der Waals surface area (Å²) in [5.74, 6) is -1.54. The molecule has 0 aliphatic rings. The number of ether oxygens (including phenoxy) is 1. The second-order valence-electron chi connectivity index (χ2n) is 13.9. The lowest BCUT2D eigenvalue weighted by molar-refractivity contribution is 0.217. The first-order valence-corrected chi connectivity index (χ1v) is 25.9. The summed E-state index contributed by atoms with van der Waals surface area (Å²) in [6.07, 6.45) is 2.11. The molecule has 0 saturated heterocycles. The molecule has 68 heavy (non-hydrogen) atoms. The zero-order valence-corrected chi connectivity index (χ0v) is 38.4. The van der Waals surface area contributed by atoms with E-state index in [0.29, 0.717) is 17.8 Å². The Bertz CT molecular complexity index is 3700. The lowest BCUT2D eigenvalue weighted by Crippen LogP contribution is -2.11. The maximum atomic E-state index is 12.6. The van der Waals surface area contributed by atoms with Gasteiger partial charge in [0.1, 0.15) is 36.7 Å². The molecule has 0 spiro atoms. The second kappa shape index (κ2) is 19.4. The number of phenols is 2. The van der Waals surface area contributed by atoms with Gasteiger partial charge in [0.15, 0.2) is 15.6 Å². The number of nitrogens with two attached hydrogens (primary N) is 1. The Kier molecular flexibility index (Phi) is 14.4. The van der Waals surface area contributed by atoms with Crippen molar-refractivity contribution in [2.24, 2.45) is 30.7 Å². The fraction of sp³-hybridized carbons (Fsp3) is 0.0769. The smallest absolute Gasteiger partial charge is 0.296 e. The average Bonchev–Trinajstić information content (AvgIpc) is 3.25. The second-order valence-corrected chi connectivity index (χ2v) is 21.6. The summed E-state index contributed by atoms with van der Waals surface area (Å²) in [5.41, 5.74) is 2.96. The van der Waals surface area contributed by atoms with Crippen LogP contribution in [0.3, 0.4) is 0 Å². The van der Waals surface area contributed by atoms with Gasteiger partial charge in [0.05, 0.1) is 51.1 Å². The van der Waals surface area contributed by atoms with Gasteiger partial charge in [-0.25, -0.2) is 8.42 Å². The van der Waals surface area contributed by atoms with Crippen molar-refractivity contribution in [2.45, 2.75) is 24.5 Å². The minimum Gasteiger partial charge on any atom is -0.508 e. The van der Waals surface area contributed by atoms with Gasteiger partial charge in [-0.15, -0.1) is 10.2 Å². The number of sulfone groups is 1. The Labute approximate surface area is 386 Å². The van der Waals surface area contributed by atoms with Crippen molar-refractivity contribution in [1.82, 2.24) is 0 Å². The first-order chi connectivity index (χ1) is 31.7. The van der Waals surface area contributed by atoms with Crippen molar-refractivity contribution in [3.8, 4) is 11.5 Å². The summed E-state index contributed by atoms with van der Waals surface area (Å²) in [6, 6.07) is 17.8. The van der Waals surface area contributed by atoms with Crippen LogP contribution in [0.2, 0.25) is 0 Å². The van der Waals surface area contributed by atoms with Gasteiger partial charge in [-0.2, -0.15) is 54.1 Å². The molecule has 6 rings (SSSR count). The Hall–Kier alpha value is -6.93. The minimum atomic E-state index is -5.38. The first kappa shape index (κ1) is 50.5. The summed E-state index contributed by atoms with van der Waals surface area (Å²) in [6.45, 7) is -0.0865. The summed E-state index contributed by atoms with van der Waals surface area (Å²) in [4.78, 5) is -3.90. The topological polar surface area (TPSA) is 401 Å². The van der Waals surface area contributed by atoms with Crippen LogP contribution in [0.1, 0.15) is 11.1 Å². The number of aromatic hydroxyl groups is 2. The highest BCUT2D eigenvalue weighted by Crippen LogP contribution is 2.48. The molecular formula is C39H33N7O17S5. The molecule has 0 bridgehead atoms. The van der Waals surface area contributed by atoms with E-state index >= 15 is 0 Å². The van der Waals surface area contributed by atoms with Gasteiger partial charge in [-0.05, 0) is 101 Å². The zero-order valence-electron chi connectivity index (χ0n) is 34.3. The summed E-state index contributed by atoms with van der Waals surface area (Å²) in [7, 11) is -23.1. The SMILES string of the molecule is COCCS(=O)(=O)c1ccc(N=Nc2c(S(=O)(=O)O)cc3cc(S(=O)(=O)O)c(N=Nc4ccc(/C=C/c5ccc(N=Nc6ccc(O)cc6)cc5S(=O)(=O)O)c(S(=O)(=O)O)c4)c(O)c3c2N)cc1. The lowest BCUT2D eigenvalue weighted by atomic mass is 10.1. The van der Waals surface area contributed by atoms with Gasteiger partial charge in [-0.3, -0.25) is 18.2 Å². The van der Waals surface area contributed by atoms with Crippen LogP contribution in [-0.4, -0.2) is 90.0 Å². The van der Waals surface area contributed by atoms with Crippen LogP contribution in [0.25, 0.3) is 22.9 Å². The van der Waals surface area contributed by atoms with E-state index in [-0.39, 0.29) is 45.5 Å². The van der Waals surface area contributed by atoms with Crippen molar-refractivity contribution in [2.75, 3.05) is 25.2 Å². The van der Waals surface area contributed by atoms with Crippen LogP contribution in [0, 0.1) is 0 Å². The van der Waals surface area contributed by atoms with Gasteiger partial charge in [-0.1, -0.05) is 24.3 Å². The number of phenolic OH excluding ortho intramolecular Hbond substituents is 2. The quantitative estimate of drug-likeness (QED) is 0.0212. The normalized spacial score (nSPS) is 13.2. The zero-order chi connectivity index (χ0) is 50.0. The van der Waals surface area contributed by atoms with Crippen LogP contribution < -0.4 is 5.73 Å². The maximum Gasteiger partial charge on any atom is 0.296 e.